The standard InChI is InChI=1S/C10H11ClN2/c1-3-7-6(2)10-8(12-7)4-5-9(11)13-10/h4-5,12H,3H2,1-2H3. The Labute approximate surface area is 81.9 Å². The lowest BCUT2D eigenvalue weighted by Gasteiger charge is -1.92. The fraction of sp³-hybridized carbons (Fsp3) is 0.300. The Morgan fingerprint density at radius 2 is 2.23 bits per heavy atom. The minimum absolute atomic E-state index is 0.553. The number of pyridine rings is 1. The molecule has 0 amide bonds. The first-order valence-corrected chi connectivity index (χ1v) is 4.74. The van der Waals surface area contributed by atoms with Crippen molar-refractivity contribution in [2.45, 2.75) is 20.3 Å². The van der Waals surface area contributed by atoms with Gasteiger partial charge in [-0.25, -0.2) is 4.98 Å². The number of fused-ring (bicyclic) bond motifs is 1. The molecule has 0 fully saturated rings. The van der Waals surface area contributed by atoms with Crippen LogP contribution in [0.15, 0.2) is 12.1 Å². The summed E-state index contributed by atoms with van der Waals surface area (Å²) in [6, 6.07) is 3.77. The molecule has 0 aromatic carbocycles. The van der Waals surface area contributed by atoms with E-state index >= 15 is 0 Å². The van der Waals surface area contributed by atoms with Crippen molar-refractivity contribution >= 4 is 22.6 Å². The van der Waals surface area contributed by atoms with Crippen LogP contribution in [0.3, 0.4) is 0 Å². The summed E-state index contributed by atoms with van der Waals surface area (Å²) in [5, 5.41) is 0.553. The van der Waals surface area contributed by atoms with E-state index in [2.05, 4.69) is 23.8 Å². The molecule has 0 spiro atoms. The van der Waals surface area contributed by atoms with Crippen molar-refractivity contribution in [2.75, 3.05) is 0 Å². The number of aromatic amines is 1. The van der Waals surface area contributed by atoms with Gasteiger partial charge in [0.05, 0.1) is 11.0 Å². The third kappa shape index (κ3) is 1.31. The summed E-state index contributed by atoms with van der Waals surface area (Å²) in [5.74, 6) is 0. The van der Waals surface area contributed by atoms with Crippen LogP contribution in [0, 0.1) is 6.92 Å². The van der Waals surface area contributed by atoms with Crippen molar-refractivity contribution in [1.82, 2.24) is 9.97 Å². The molecule has 0 bridgehead atoms. The molecule has 2 aromatic rings. The largest absolute Gasteiger partial charge is 0.357 e. The molecule has 3 heteroatoms. The summed E-state index contributed by atoms with van der Waals surface area (Å²) in [6.45, 7) is 4.19. The summed E-state index contributed by atoms with van der Waals surface area (Å²) in [7, 11) is 0. The van der Waals surface area contributed by atoms with E-state index in [-0.39, 0.29) is 0 Å². The Bertz CT molecular complexity index is 445. The molecule has 0 unspecified atom stereocenters. The quantitative estimate of drug-likeness (QED) is 0.695. The summed E-state index contributed by atoms with van der Waals surface area (Å²) >= 11 is 5.82. The van der Waals surface area contributed by atoms with E-state index in [9.17, 15) is 0 Å². The van der Waals surface area contributed by atoms with Crippen LogP contribution in [-0.4, -0.2) is 9.97 Å². The minimum atomic E-state index is 0.553. The molecule has 13 heavy (non-hydrogen) atoms. The first-order valence-electron chi connectivity index (χ1n) is 4.36. The number of nitrogens with one attached hydrogen (secondary N) is 1. The van der Waals surface area contributed by atoms with Crippen LogP contribution in [0.1, 0.15) is 18.2 Å². The maximum absolute atomic E-state index is 5.82. The maximum atomic E-state index is 5.82. The molecule has 0 aliphatic heterocycles. The fourth-order valence-electron chi connectivity index (χ4n) is 1.57. The van der Waals surface area contributed by atoms with Crippen molar-refractivity contribution in [2.24, 2.45) is 0 Å². The molecule has 0 saturated carbocycles. The van der Waals surface area contributed by atoms with E-state index in [1.54, 1.807) is 6.07 Å². The topological polar surface area (TPSA) is 28.7 Å². The number of nitrogens with zero attached hydrogens (tertiary/aromatic N) is 1. The molecular weight excluding hydrogens is 184 g/mol. The number of hydrogen-bond donors (Lipinski definition) is 1. The van der Waals surface area contributed by atoms with Gasteiger partial charge in [0.25, 0.3) is 0 Å². The van der Waals surface area contributed by atoms with Crippen molar-refractivity contribution in [3.8, 4) is 0 Å². The second-order valence-electron chi connectivity index (χ2n) is 3.11. The van der Waals surface area contributed by atoms with Crippen molar-refractivity contribution in [1.29, 1.82) is 0 Å². The lowest BCUT2D eigenvalue weighted by molar-refractivity contribution is 1.05. The zero-order valence-electron chi connectivity index (χ0n) is 7.69. The predicted octanol–water partition coefficient (Wildman–Crippen LogP) is 3.09. The first kappa shape index (κ1) is 8.57. The molecule has 2 nitrogen and oxygen atoms in total. The van der Waals surface area contributed by atoms with E-state index in [4.69, 9.17) is 11.6 Å². The van der Waals surface area contributed by atoms with E-state index in [1.807, 2.05) is 6.07 Å². The number of halogens is 1. The molecule has 2 aromatic heterocycles. The average molecular weight is 195 g/mol. The highest BCUT2D eigenvalue weighted by atomic mass is 35.5. The third-order valence-electron chi connectivity index (χ3n) is 2.31. The normalized spacial score (nSPS) is 11.0. The Morgan fingerprint density at radius 1 is 1.46 bits per heavy atom. The van der Waals surface area contributed by atoms with Gasteiger partial charge in [-0.3, -0.25) is 0 Å². The highest BCUT2D eigenvalue weighted by molar-refractivity contribution is 6.29. The Balaban J connectivity index is 2.77. The number of hydrogen-bond acceptors (Lipinski definition) is 1. The van der Waals surface area contributed by atoms with E-state index in [0.717, 1.165) is 17.5 Å². The van der Waals surface area contributed by atoms with E-state index in [0.29, 0.717) is 5.15 Å². The van der Waals surface area contributed by atoms with Gasteiger partial charge in [0.2, 0.25) is 0 Å². The van der Waals surface area contributed by atoms with Gasteiger partial charge in [0.15, 0.2) is 0 Å². The highest BCUT2D eigenvalue weighted by Crippen LogP contribution is 2.21. The molecule has 0 atom stereocenters. The van der Waals surface area contributed by atoms with Crippen molar-refractivity contribution in [3.63, 3.8) is 0 Å². The van der Waals surface area contributed by atoms with E-state index in [1.165, 1.54) is 11.3 Å². The molecule has 0 aliphatic rings. The zero-order valence-corrected chi connectivity index (χ0v) is 8.44. The average Bonchev–Trinajstić information content (AvgIpc) is 2.44. The van der Waals surface area contributed by atoms with E-state index < -0.39 is 0 Å². The minimum Gasteiger partial charge on any atom is -0.357 e. The first-order chi connectivity index (χ1) is 6.22. The van der Waals surface area contributed by atoms with Gasteiger partial charge in [-0.15, -0.1) is 0 Å². The van der Waals surface area contributed by atoms with Crippen molar-refractivity contribution in [3.05, 3.63) is 28.5 Å². The SMILES string of the molecule is CCc1[nH]c2ccc(Cl)nc2c1C. The molecular formula is C10H11ClN2. The molecule has 0 aliphatic carbocycles. The van der Waals surface area contributed by atoms with Gasteiger partial charge in [0, 0.05) is 5.69 Å². The van der Waals surface area contributed by atoms with Crippen LogP contribution in [0.4, 0.5) is 0 Å². The summed E-state index contributed by atoms with van der Waals surface area (Å²) < 4.78 is 0. The zero-order chi connectivity index (χ0) is 9.42. The van der Waals surface area contributed by atoms with Crippen LogP contribution >= 0.6 is 11.6 Å². The van der Waals surface area contributed by atoms with Crippen LogP contribution in [0.25, 0.3) is 11.0 Å². The Morgan fingerprint density at radius 3 is 2.92 bits per heavy atom. The van der Waals surface area contributed by atoms with Crippen molar-refractivity contribution < 1.29 is 0 Å². The summed E-state index contributed by atoms with van der Waals surface area (Å²) in [6.07, 6.45) is 1.000. The van der Waals surface area contributed by atoms with Gasteiger partial charge >= 0.3 is 0 Å². The third-order valence-corrected chi connectivity index (χ3v) is 2.52. The molecule has 0 saturated heterocycles. The number of H-pyrrole nitrogens is 1. The molecule has 2 heterocycles. The van der Waals surface area contributed by atoms with Gasteiger partial charge in [-0.1, -0.05) is 18.5 Å². The molecule has 2 rings (SSSR count). The number of aromatic nitrogens is 2. The molecule has 68 valence electrons. The van der Waals surface area contributed by atoms with Crippen LogP contribution in [0.5, 0.6) is 0 Å². The van der Waals surface area contributed by atoms with Crippen LogP contribution in [-0.2, 0) is 6.42 Å². The van der Waals surface area contributed by atoms with Crippen LogP contribution in [0.2, 0.25) is 5.15 Å². The smallest absolute Gasteiger partial charge is 0.129 e. The lowest BCUT2D eigenvalue weighted by atomic mass is 10.2. The highest BCUT2D eigenvalue weighted by Gasteiger charge is 2.06. The maximum Gasteiger partial charge on any atom is 0.129 e. The fourth-order valence-corrected chi connectivity index (χ4v) is 1.72. The Hall–Kier alpha value is -1.02. The number of aryl methyl sites for hydroxylation is 2. The second-order valence-corrected chi connectivity index (χ2v) is 3.50. The summed E-state index contributed by atoms with van der Waals surface area (Å²) in [4.78, 5) is 7.60. The predicted molar refractivity (Wildman–Crippen MR) is 55.2 cm³/mol. The lowest BCUT2D eigenvalue weighted by Crippen LogP contribution is -1.81. The number of rotatable bonds is 1. The van der Waals surface area contributed by atoms with Gasteiger partial charge in [-0.05, 0) is 31.0 Å². The Kier molecular flexibility index (Phi) is 2.00. The van der Waals surface area contributed by atoms with Gasteiger partial charge in [-0.2, -0.15) is 0 Å². The van der Waals surface area contributed by atoms with Crippen LogP contribution < -0.4 is 0 Å². The summed E-state index contributed by atoms with van der Waals surface area (Å²) in [5.41, 5.74) is 4.51. The second kappa shape index (κ2) is 3.04. The van der Waals surface area contributed by atoms with Gasteiger partial charge in [0.1, 0.15) is 5.15 Å². The molecule has 0 radical (unpaired) electrons. The monoisotopic (exact) mass is 194 g/mol. The molecule has 1 N–H and O–H groups in total. The van der Waals surface area contributed by atoms with Gasteiger partial charge < -0.3 is 4.98 Å².